The van der Waals surface area contributed by atoms with Crippen molar-refractivity contribution in [2.24, 2.45) is 0 Å². The molecule has 0 aliphatic carbocycles. The fraction of sp³-hybridized carbons (Fsp3) is 0.250. The van der Waals surface area contributed by atoms with E-state index < -0.39 is 0 Å². The first-order chi connectivity index (χ1) is 12.4. The number of rotatable bonds is 2. The summed E-state index contributed by atoms with van der Waals surface area (Å²) in [6.07, 6.45) is 0.773. The lowest BCUT2D eigenvalue weighted by Gasteiger charge is -2.14. The number of thiazole rings is 1. The van der Waals surface area contributed by atoms with Gasteiger partial charge in [0.25, 0.3) is 5.91 Å². The van der Waals surface area contributed by atoms with Gasteiger partial charge in [0, 0.05) is 24.7 Å². The van der Waals surface area contributed by atoms with Crippen LogP contribution in [0.1, 0.15) is 34.0 Å². The van der Waals surface area contributed by atoms with Crippen LogP contribution in [-0.2, 0) is 11.2 Å². The van der Waals surface area contributed by atoms with E-state index in [2.05, 4.69) is 29.4 Å². The summed E-state index contributed by atoms with van der Waals surface area (Å²) < 4.78 is 1.07. The van der Waals surface area contributed by atoms with Gasteiger partial charge >= 0.3 is 0 Å². The molecule has 26 heavy (non-hydrogen) atoms. The largest absolute Gasteiger partial charge is 0.312 e. The van der Waals surface area contributed by atoms with Crippen LogP contribution in [0.2, 0.25) is 0 Å². The maximum atomic E-state index is 12.6. The molecule has 0 fully saturated rings. The van der Waals surface area contributed by atoms with Gasteiger partial charge in [-0.2, -0.15) is 0 Å². The lowest BCUT2D eigenvalue weighted by atomic mass is 10.1. The second-order valence-corrected chi connectivity index (χ2v) is 7.70. The number of hydrogen-bond donors (Lipinski definition) is 1. The molecule has 1 aliphatic heterocycles. The highest BCUT2D eigenvalue weighted by atomic mass is 32.1. The molecule has 1 aromatic heterocycles. The monoisotopic (exact) mass is 365 g/mol. The van der Waals surface area contributed by atoms with Crippen LogP contribution >= 0.6 is 11.3 Å². The Balaban J connectivity index is 1.59. The zero-order valence-electron chi connectivity index (χ0n) is 14.9. The number of fused-ring (bicyclic) bond motifs is 2. The fourth-order valence-electron chi connectivity index (χ4n) is 3.46. The molecule has 3 aromatic rings. The molecule has 6 heteroatoms. The van der Waals surface area contributed by atoms with E-state index in [-0.39, 0.29) is 11.8 Å². The molecule has 0 saturated carbocycles. The van der Waals surface area contributed by atoms with Gasteiger partial charge < -0.3 is 4.90 Å². The van der Waals surface area contributed by atoms with Crippen molar-refractivity contribution in [1.82, 2.24) is 4.98 Å². The van der Waals surface area contributed by atoms with E-state index in [4.69, 9.17) is 0 Å². The minimum absolute atomic E-state index is 0.0288. The van der Waals surface area contributed by atoms with Crippen LogP contribution in [0.5, 0.6) is 0 Å². The highest BCUT2D eigenvalue weighted by Gasteiger charge is 2.23. The highest BCUT2D eigenvalue weighted by molar-refractivity contribution is 7.22. The predicted octanol–water partition coefficient (Wildman–Crippen LogP) is 4.07. The van der Waals surface area contributed by atoms with Crippen LogP contribution in [-0.4, -0.2) is 23.3 Å². The third-order valence-corrected chi connectivity index (χ3v) is 5.59. The van der Waals surface area contributed by atoms with E-state index in [0.717, 1.165) is 33.5 Å². The lowest BCUT2D eigenvalue weighted by molar-refractivity contribution is -0.116. The molecule has 0 spiro atoms. The third-order valence-electron chi connectivity index (χ3n) is 4.67. The van der Waals surface area contributed by atoms with Crippen LogP contribution in [0, 0.1) is 13.8 Å². The minimum Gasteiger partial charge on any atom is -0.312 e. The van der Waals surface area contributed by atoms with Crippen molar-refractivity contribution < 1.29 is 9.59 Å². The number of benzene rings is 2. The Kier molecular flexibility index (Phi) is 4.00. The van der Waals surface area contributed by atoms with E-state index in [1.807, 2.05) is 19.1 Å². The van der Waals surface area contributed by atoms with Crippen LogP contribution in [0.15, 0.2) is 30.3 Å². The minimum atomic E-state index is -0.178. The SMILES string of the molecule is CC(=O)N1CCc2cc(C(=O)Nc3nc4c(C)cc(C)cc4s3)ccc21. The average molecular weight is 365 g/mol. The molecule has 2 heterocycles. The Morgan fingerprint density at radius 2 is 2.00 bits per heavy atom. The van der Waals surface area contributed by atoms with Gasteiger partial charge in [-0.25, -0.2) is 4.98 Å². The van der Waals surface area contributed by atoms with Crippen LogP contribution in [0.25, 0.3) is 10.2 Å². The number of carbonyl (C=O) groups excluding carboxylic acids is 2. The first kappa shape index (κ1) is 16.7. The summed E-state index contributed by atoms with van der Waals surface area (Å²) in [5.41, 5.74) is 5.75. The van der Waals surface area contributed by atoms with Gasteiger partial charge in [-0.05, 0) is 61.2 Å². The van der Waals surface area contributed by atoms with E-state index in [1.165, 1.54) is 16.9 Å². The molecule has 4 rings (SSSR count). The second kappa shape index (κ2) is 6.21. The maximum absolute atomic E-state index is 12.6. The number of carbonyl (C=O) groups is 2. The second-order valence-electron chi connectivity index (χ2n) is 6.67. The molecule has 132 valence electrons. The van der Waals surface area contributed by atoms with Crippen molar-refractivity contribution >= 4 is 44.2 Å². The Labute approximate surface area is 155 Å². The topological polar surface area (TPSA) is 62.3 Å². The van der Waals surface area contributed by atoms with Gasteiger partial charge in [-0.15, -0.1) is 0 Å². The van der Waals surface area contributed by atoms with Crippen molar-refractivity contribution in [3.63, 3.8) is 0 Å². The quantitative estimate of drug-likeness (QED) is 0.744. The van der Waals surface area contributed by atoms with Gasteiger partial charge in [0.2, 0.25) is 5.91 Å². The number of aromatic nitrogens is 1. The van der Waals surface area contributed by atoms with Crippen LogP contribution in [0.3, 0.4) is 0 Å². The number of aryl methyl sites for hydroxylation is 2. The summed E-state index contributed by atoms with van der Waals surface area (Å²) in [6, 6.07) is 9.66. The molecule has 2 amide bonds. The molecule has 5 nitrogen and oxygen atoms in total. The zero-order valence-corrected chi connectivity index (χ0v) is 15.7. The van der Waals surface area contributed by atoms with Gasteiger partial charge in [-0.1, -0.05) is 17.4 Å². The van der Waals surface area contributed by atoms with Crippen molar-refractivity contribution in [2.75, 3.05) is 16.8 Å². The van der Waals surface area contributed by atoms with Crippen LogP contribution < -0.4 is 10.2 Å². The smallest absolute Gasteiger partial charge is 0.257 e. The molecule has 0 atom stereocenters. The van der Waals surface area contributed by atoms with Gasteiger partial charge in [0.05, 0.1) is 10.2 Å². The van der Waals surface area contributed by atoms with Crippen molar-refractivity contribution in [3.8, 4) is 0 Å². The Morgan fingerprint density at radius 3 is 2.77 bits per heavy atom. The summed E-state index contributed by atoms with van der Waals surface area (Å²) in [4.78, 5) is 30.6. The Hall–Kier alpha value is -2.73. The molecular weight excluding hydrogens is 346 g/mol. The third kappa shape index (κ3) is 2.86. The van der Waals surface area contributed by atoms with Crippen LogP contribution in [0.4, 0.5) is 10.8 Å². The lowest BCUT2D eigenvalue weighted by Crippen LogP contribution is -2.25. The average Bonchev–Trinajstić information content (AvgIpc) is 3.17. The molecule has 0 unspecified atom stereocenters. The van der Waals surface area contributed by atoms with Gasteiger partial charge in [0.15, 0.2) is 5.13 Å². The van der Waals surface area contributed by atoms with E-state index in [1.54, 1.807) is 17.9 Å². The zero-order chi connectivity index (χ0) is 18.4. The molecular formula is C20H19N3O2S. The van der Waals surface area contributed by atoms with Crippen molar-refractivity contribution in [3.05, 3.63) is 52.6 Å². The summed E-state index contributed by atoms with van der Waals surface area (Å²) >= 11 is 1.48. The molecule has 0 bridgehead atoms. The fourth-order valence-corrected chi connectivity index (χ4v) is 4.50. The van der Waals surface area contributed by atoms with Crippen molar-refractivity contribution in [1.29, 1.82) is 0 Å². The number of nitrogens with one attached hydrogen (secondary N) is 1. The molecule has 1 aliphatic rings. The summed E-state index contributed by atoms with van der Waals surface area (Å²) in [5.74, 6) is -0.149. The normalized spacial score (nSPS) is 13.1. The maximum Gasteiger partial charge on any atom is 0.257 e. The number of anilines is 2. The highest BCUT2D eigenvalue weighted by Crippen LogP contribution is 2.31. The molecule has 1 N–H and O–H groups in total. The standard InChI is InChI=1S/C20H19N3O2S/c1-11-8-12(2)18-17(9-11)26-20(21-18)22-19(25)15-4-5-16-14(10-15)6-7-23(16)13(3)24/h4-5,8-10H,6-7H2,1-3H3,(H,21,22,25). The summed E-state index contributed by atoms with van der Waals surface area (Å²) in [5, 5.41) is 3.51. The molecule has 2 aromatic carbocycles. The first-order valence-corrected chi connectivity index (χ1v) is 9.34. The van der Waals surface area contributed by atoms with Gasteiger partial charge in [0.1, 0.15) is 0 Å². The van der Waals surface area contributed by atoms with E-state index in [0.29, 0.717) is 17.2 Å². The number of nitrogens with zero attached hydrogens (tertiary/aromatic N) is 2. The Bertz CT molecular complexity index is 1050. The number of amides is 2. The summed E-state index contributed by atoms with van der Waals surface area (Å²) in [7, 11) is 0. The number of hydrogen-bond acceptors (Lipinski definition) is 4. The first-order valence-electron chi connectivity index (χ1n) is 8.52. The predicted molar refractivity (Wildman–Crippen MR) is 105 cm³/mol. The van der Waals surface area contributed by atoms with E-state index in [9.17, 15) is 9.59 Å². The Morgan fingerprint density at radius 1 is 1.19 bits per heavy atom. The summed E-state index contributed by atoms with van der Waals surface area (Å²) in [6.45, 7) is 6.32. The van der Waals surface area contributed by atoms with Gasteiger partial charge in [-0.3, -0.25) is 14.9 Å². The molecule has 0 radical (unpaired) electrons. The van der Waals surface area contributed by atoms with E-state index >= 15 is 0 Å². The molecule has 0 saturated heterocycles. The van der Waals surface area contributed by atoms with Crippen molar-refractivity contribution in [2.45, 2.75) is 27.2 Å².